The van der Waals surface area contributed by atoms with Crippen molar-refractivity contribution in [1.29, 1.82) is 0 Å². The van der Waals surface area contributed by atoms with Gasteiger partial charge in [0.25, 0.3) is 0 Å². The van der Waals surface area contributed by atoms with E-state index in [1.807, 2.05) is 7.05 Å². The minimum Gasteiger partial charge on any atom is -0.356 e. The maximum Gasteiger partial charge on any atom is 0.248 e. The third-order valence-corrected chi connectivity index (χ3v) is 3.82. The van der Waals surface area contributed by atoms with E-state index in [2.05, 4.69) is 15.2 Å². The van der Waals surface area contributed by atoms with Gasteiger partial charge in [-0.25, -0.2) is 8.78 Å². The summed E-state index contributed by atoms with van der Waals surface area (Å²) in [5, 5.41) is 3.25. The smallest absolute Gasteiger partial charge is 0.248 e. The van der Waals surface area contributed by atoms with E-state index in [0.29, 0.717) is 13.0 Å². The van der Waals surface area contributed by atoms with Crippen molar-refractivity contribution in [1.82, 2.24) is 10.2 Å². The van der Waals surface area contributed by atoms with Gasteiger partial charge in [-0.2, -0.15) is 0 Å². The second-order valence-electron chi connectivity index (χ2n) is 5.53. The highest BCUT2D eigenvalue weighted by Crippen LogP contribution is 2.34. The highest BCUT2D eigenvalue weighted by atomic mass is 19.3. The van der Waals surface area contributed by atoms with Crippen LogP contribution in [0.2, 0.25) is 0 Å². The SMILES string of the molecule is CN1CCCN=C1NCC1CCCCC(F)(F)C1. The Morgan fingerprint density at radius 2 is 2.22 bits per heavy atom. The summed E-state index contributed by atoms with van der Waals surface area (Å²) in [4.78, 5) is 6.47. The Bertz CT molecular complexity index is 305. The Balaban J connectivity index is 1.83. The minimum atomic E-state index is -2.47. The van der Waals surface area contributed by atoms with Crippen LogP contribution in [0.15, 0.2) is 4.99 Å². The molecule has 1 N–H and O–H groups in total. The molecular formula is C13H23F2N3. The van der Waals surface area contributed by atoms with Gasteiger partial charge in [-0.1, -0.05) is 6.42 Å². The molecule has 0 radical (unpaired) electrons. The first-order chi connectivity index (χ1) is 8.57. The van der Waals surface area contributed by atoms with Crippen LogP contribution in [0.4, 0.5) is 8.78 Å². The fourth-order valence-corrected chi connectivity index (χ4v) is 2.76. The number of alkyl halides is 2. The van der Waals surface area contributed by atoms with E-state index in [1.165, 1.54) is 0 Å². The second kappa shape index (κ2) is 5.85. The Hall–Kier alpha value is -0.870. The van der Waals surface area contributed by atoms with Gasteiger partial charge in [0, 0.05) is 39.5 Å². The molecule has 0 aromatic rings. The highest BCUT2D eigenvalue weighted by Gasteiger charge is 2.34. The Labute approximate surface area is 108 Å². The molecule has 1 aliphatic heterocycles. The van der Waals surface area contributed by atoms with Crippen LogP contribution in [0.3, 0.4) is 0 Å². The summed E-state index contributed by atoms with van der Waals surface area (Å²) >= 11 is 0. The molecule has 5 heteroatoms. The monoisotopic (exact) mass is 259 g/mol. The average Bonchev–Trinajstić information content (AvgIpc) is 2.49. The lowest BCUT2D eigenvalue weighted by molar-refractivity contribution is -0.0246. The summed E-state index contributed by atoms with van der Waals surface area (Å²) in [7, 11) is 1.99. The predicted molar refractivity (Wildman–Crippen MR) is 69.1 cm³/mol. The van der Waals surface area contributed by atoms with Crippen LogP contribution in [0.5, 0.6) is 0 Å². The maximum atomic E-state index is 13.5. The quantitative estimate of drug-likeness (QED) is 0.772. The zero-order valence-electron chi connectivity index (χ0n) is 11.1. The molecular weight excluding hydrogens is 236 g/mol. The molecule has 1 heterocycles. The molecule has 3 nitrogen and oxygen atoms in total. The average molecular weight is 259 g/mol. The number of halogens is 2. The van der Waals surface area contributed by atoms with Crippen LogP contribution in [-0.4, -0.2) is 43.5 Å². The summed E-state index contributed by atoms with van der Waals surface area (Å²) in [5.74, 6) is -1.53. The van der Waals surface area contributed by atoms with Gasteiger partial charge >= 0.3 is 0 Å². The molecule has 1 atom stereocenters. The topological polar surface area (TPSA) is 27.6 Å². The Kier molecular flexibility index (Phi) is 4.40. The molecule has 18 heavy (non-hydrogen) atoms. The number of aliphatic imine (C=N–C) groups is 1. The zero-order chi connectivity index (χ0) is 13.0. The number of rotatable bonds is 2. The van der Waals surface area contributed by atoms with E-state index in [1.54, 1.807) is 0 Å². The van der Waals surface area contributed by atoms with Crippen molar-refractivity contribution >= 4 is 5.96 Å². The number of guanidine groups is 1. The molecule has 0 saturated heterocycles. The van der Waals surface area contributed by atoms with Gasteiger partial charge in [0.1, 0.15) is 0 Å². The normalized spacial score (nSPS) is 28.5. The molecule has 1 unspecified atom stereocenters. The van der Waals surface area contributed by atoms with Crippen LogP contribution in [0.1, 0.15) is 38.5 Å². The van der Waals surface area contributed by atoms with Crippen molar-refractivity contribution < 1.29 is 8.78 Å². The molecule has 1 fully saturated rings. The third kappa shape index (κ3) is 3.82. The predicted octanol–water partition coefficient (Wildman–Crippen LogP) is 2.48. The number of nitrogens with one attached hydrogen (secondary N) is 1. The van der Waals surface area contributed by atoms with Crippen LogP contribution < -0.4 is 5.32 Å². The van der Waals surface area contributed by atoms with E-state index in [-0.39, 0.29) is 18.8 Å². The largest absolute Gasteiger partial charge is 0.356 e. The van der Waals surface area contributed by atoms with Crippen molar-refractivity contribution in [3.8, 4) is 0 Å². The van der Waals surface area contributed by atoms with Crippen molar-refractivity contribution in [2.24, 2.45) is 10.9 Å². The van der Waals surface area contributed by atoms with Crippen molar-refractivity contribution in [2.75, 3.05) is 26.7 Å². The first kappa shape index (κ1) is 13.6. The standard InChI is InChI=1S/C13H23F2N3/c1-18-8-4-7-16-12(18)17-10-11-5-2-3-6-13(14,15)9-11/h11H,2-10H2,1H3,(H,16,17). The summed E-state index contributed by atoms with van der Waals surface area (Å²) in [5.41, 5.74) is 0. The Morgan fingerprint density at radius 1 is 1.39 bits per heavy atom. The summed E-state index contributed by atoms with van der Waals surface area (Å²) in [6, 6.07) is 0. The molecule has 2 aliphatic rings. The molecule has 0 spiro atoms. The van der Waals surface area contributed by atoms with Crippen LogP contribution in [-0.2, 0) is 0 Å². The van der Waals surface area contributed by atoms with Crippen LogP contribution in [0, 0.1) is 5.92 Å². The first-order valence-electron chi connectivity index (χ1n) is 6.94. The van der Waals surface area contributed by atoms with E-state index >= 15 is 0 Å². The number of nitrogens with zero attached hydrogens (tertiary/aromatic N) is 2. The first-order valence-corrected chi connectivity index (χ1v) is 6.94. The molecule has 0 aromatic carbocycles. The van der Waals surface area contributed by atoms with Gasteiger partial charge < -0.3 is 10.2 Å². The van der Waals surface area contributed by atoms with Crippen LogP contribution in [0.25, 0.3) is 0 Å². The third-order valence-electron chi connectivity index (χ3n) is 3.82. The van der Waals surface area contributed by atoms with Gasteiger partial charge in [0.2, 0.25) is 5.92 Å². The molecule has 104 valence electrons. The lowest BCUT2D eigenvalue weighted by Gasteiger charge is -2.28. The second-order valence-corrected chi connectivity index (χ2v) is 5.53. The van der Waals surface area contributed by atoms with Crippen molar-refractivity contribution in [2.45, 2.75) is 44.4 Å². The lowest BCUT2D eigenvalue weighted by Crippen LogP contribution is -2.44. The highest BCUT2D eigenvalue weighted by molar-refractivity contribution is 5.80. The van der Waals surface area contributed by atoms with Gasteiger partial charge in [0.05, 0.1) is 0 Å². The van der Waals surface area contributed by atoms with E-state index in [4.69, 9.17) is 0 Å². The lowest BCUT2D eigenvalue weighted by atomic mass is 9.99. The molecule has 1 aliphatic carbocycles. The van der Waals surface area contributed by atoms with Gasteiger partial charge in [0.15, 0.2) is 5.96 Å². The van der Waals surface area contributed by atoms with Crippen LogP contribution >= 0.6 is 0 Å². The summed E-state index contributed by atoms with van der Waals surface area (Å²) in [6.45, 7) is 2.46. The van der Waals surface area contributed by atoms with Gasteiger partial charge in [-0.3, -0.25) is 4.99 Å². The fraction of sp³-hybridized carbons (Fsp3) is 0.923. The maximum absolute atomic E-state index is 13.5. The molecule has 0 bridgehead atoms. The van der Waals surface area contributed by atoms with E-state index < -0.39 is 5.92 Å². The fourth-order valence-electron chi connectivity index (χ4n) is 2.76. The summed E-state index contributed by atoms with van der Waals surface area (Å²) in [6.07, 6.45) is 3.64. The molecule has 1 saturated carbocycles. The van der Waals surface area contributed by atoms with Crippen molar-refractivity contribution in [3.63, 3.8) is 0 Å². The van der Waals surface area contributed by atoms with E-state index in [0.717, 1.165) is 38.3 Å². The van der Waals surface area contributed by atoms with Gasteiger partial charge in [-0.05, 0) is 25.2 Å². The van der Waals surface area contributed by atoms with Crippen molar-refractivity contribution in [3.05, 3.63) is 0 Å². The zero-order valence-corrected chi connectivity index (χ0v) is 11.1. The summed E-state index contributed by atoms with van der Waals surface area (Å²) < 4.78 is 27.0. The molecule has 0 aromatic heterocycles. The number of hydrogen-bond donors (Lipinski definition) is 1. The molecule has 0 amide bonds. The Morgan fingerprint density at radius 3 is 3.00 bits per heavy atom. The number of hydrogen-bond acceptors (Lipinski definition) is 3. The minimum absolute atomic E-state index is 0.0248. The van der Waals surface area contributed by atoms with Gasteiger partial charge in [-0.15, -0.1) is 0 Å². The molecule has 2 rings (SSSR count). The van der Waals surface area contributed by atoms with E-state index in [9.17, 15) is 8.78 Å².